The minimum absolute atomic E-state index is 0.0180. The third-order valence-electron chi connectivity index (χ3n) is 4.94. The number of ether oxygens (including phenoxy) is 1. The molecule has 0 heterocycles. The van der Waals surface area contributed by atoms with Gasteiger partial charge in [0.05, 0.1) is 12.5 Å². The van der Waals surface area contributed by atoms with E-state index in [9.17, 15) is 4.79 Å². The maximum Gasteiger partial charge on any atom is 0.308 e. The first-order valence-corrected chi connectivity index (χ1v) is 8.02. The molecule has 110 valence electrons. The second-order valence-corrected chi connectivity index (χ2v) is 6.64. The molecule has 2 fully saturated rings. The molecule has 2 aliphatic rings. The highest BCUT2D eigenvalue weighted by Gasteiger charge is 2.34. The Morgan fingerprint density at radius 2 is 1.79 bits per heavy atom. The second kappa shape index (κ2) is 6.74. The van der Waals surface area contributed by atoms with Gasteiger partial charge in [0, 0.05) is 12.1 Å². The molecule has 0 aromatic heterocycles. The Labute approximate surface area is 117 Å². The Kier molecular flexibility index (Phi) is 5.26. The van der Waals surface area contributed by atoms with Crippen LogP contribution < -0.4 is 5.32 Å². The van der Waals surface area contributed by atoms with Gasteiger partial charge in [-0.1, -0.05) is 13.8 Å². The zero-order valence-corrected chi connectivity index (χ0v) is 12.7. The third-order valence-corrected chi connectivity index (χ3v) is 4.94. The fourth-order valence-electron chi connectivity index (χ4n) is 3.43. The average molecular weight is 267 g/mol. The molecule has 0 bridgehead atoms. The third kappa shape index (κ3) is 3.95. The number of carbonyl (C=O) groups excluding carboxylic acids is 1. The van der Waals surface area contributed by atoms with E-state index in [1.165, 1.54) is 12.8 Å². The largest absolute Gasteiger partial charge is 0.466 e. The van der Waals surface area contributed by atoms with E-state index in [1.807, 2.05) is 6.92 Å². The van der Waals surface area contributed by atoms with Gasteiger partial charge in [-0.15, -0.1) is 0 Å². The molecule has 3 heteroatoms. The van der Waals surface area contributed by atoms with Crippen LogP contribution in [0.2, 0.25) is 0 Å². The van der Waals surface area contributed by atoms with Crippen molar-refractivity contribution in [2.75, 3.05) is 6.61 Å². The van der Waals surface area contributed by atoms with Crippen molar-refractivity contribution in [2.24, 2.45) is 17.8 Å². The van der Waals surface area contributed by atoms with Crippen LogP contribution in [-0.4, -0.2) is 24.7 Å². The number of nitrogens with one attached hydrogen (secondary N) is 1. The van der Waals surface area contributed by atoms with Gasteiger partial charge in [0.2, 0.25) is 0 Å². The van der Waals surface area contributed by atoms with Crippen molar-refractivity contribution in [1.82, 2.24) is 5.32 Å². The molecule has 0 radical (unpaired) electrons. The smallest absolute Gasteiger partial charge is 0.308 e. The Balaban J connectivity index is 1.63. The molecule has 0 unspecified atom stereocenters. The Morgan fingerprint density at radius 3 is 2.32 bits per heavy atom. The van der Waals surface area contributed by atoms with Gasteiger partial charge in [-0.2, -0.15) is 0 Å². The lowest BCUT2D eigenvalue weighted by Gasteiger charge is -2.42. The van der Waals surface area contributed by atoms with Gasteiger partial charge in [-0.25, -0.2) is 0 Å². The van der Waals surface area contributed by atoms with Crippen molar-refractivity contribution >= 4 is 5.97 Å². The van der Waals surface area contributed by atoms with Crippen molar-refractivity contribution in [1.29, 1.82) is 0 Å². The zero-order chi connectivity index (χ0) is 13.8. The maximum atomic E-state index is 11.7. The van der Waals surface area contributed by atoms with Gasteiger partial charge in [0.1, 0.15) is 0 Å². The minimum Gasteiger partial charge on any atom is -0.466 e. The molecule has 1 N–H and O–H groups in total. The molecule has 2 saturated carbocycles. The van der Waals surface area contributed by atoms with Gasteiger partial charge >= 0.3 is 5.97 Å². The molecular weight excluding hydrogens is 238 g/mol. The Hall–Kier alpha value is -0.570. The van der Waals surface area contributed by atoms with Gasteiger partial charge in [-0.05, 0) is 57.3 Å². The van der Waals surface area contributed by atoms with Crippen LogP contribution in [-0.2, 0) is 9.53 Å². The van der Waals surface area contributed by atoms with Crippen LogP contribution in [0.4, 0.5) is 0 Å². The second-order valence-electron chi connectivity index (χ2n) is 6.64. The van der Waals surface area contributed by atoms with E-state index in [1.54, 1.807) is 0 Å². The molecule has 0 amide bonds. The number of carbonyl (C=O) groups is 1. The molecule has 0 spiro atoms. The zero-order valence-electron chi connectivity index (χ0n) is 12.7. The maximum absolute atomic E-state index is 11.7. The van der Waals surface area contributed by atoms with Crippen molar-refractivity contribution in [3.8, 4) is 0 Å². The summed E-state index contributed by atoms with van der Waals surface area (Å²) in [5.41, 5.74) is 0. The summed E-state index contributed by atoms with van der Waals surface area (Å²) in [6.45, 7) is 7.04. The SMILES string of the molecule is CCOC(=O)C1CCC(NC2CC(C(C)C)C2)CC1. The van der Waals surface area contributed by atoms with E-state index in [0.717, 1.165) is 43.6 Å². The first-order chi connectivity index (χ1) is 9.10. The molecular formula is C16H29NO2. The molecule has 0 aliphatic heterocycles. The normalized spacial score (nSPS) is 34.9. The van der Waals surface area contributed by atoms with E-state index in [4.69, 9.17) is 4.74 Å². The van der Waals surface area contributed by atoms with E-state index in [2.05, 4.69) is 19.2 Å². The van der Waals surface area contributed by atoms with Gasteiger partial charge in [-0.3, -0.25) is 4.79 Å². The van der Waals surface area contributed by atoms with E-state index in [-0.39, 0.29) is 11.9 Å². The molecule has 2 rings (SSSR count). The number of hydrogen-bond donors (Lipinski definition) is 1. The minimum atomic E-state index is 0.0180. The first kappa shape index (κ1) is 14.8. The summed E-state index contributed by atoms with van der Waals surface area (Å²) in [4.78, 5) is 11.7. The van der Waals surface area contributed by atoms with Crippen LogP contribution in [0.15, 0.2) is 0 Å². The van der Waals surface area contributed by atoms with Crippen molar-refractivity contribution < 1.29 is 9.53 Å². The van der Waals surface area contributed by atoms with Crippen LogP contribution >= 0.6 is 0 Å². The summed E-state index contributed by atoms with van der Waals surface area (Å²) in [5, 5.41) is 3.78. The molecule has 0 saturated heterocycles. The predicted octanol–water partition coefficient (Wildman–Crippen LogP) is 3.13. The first-order valence-electron chi connectivity index (χ1n) is 8.02. The summed E-state index contributed by atoms with van der Waals surface area (Å²) < 4.78 is 5.11. The molecule has 3 nitrogen and oxygen atoms in total. The lowest BCUT2D eigenvalue weighted by molar-refractivity contribution is -0.149. The Bertz CT molecular complexity index is 289. The topological polar surface area (TPSA) is 38.3 Å². The van der Waals surface area contributed by atoms with Gasteiger partial charge < -0.3 is 10.1 Å². The van der Waals surface area contributed by atoms with E-state index >= 15 is 0 Å². The fraction of sp³-hybridized carbons (Fsp3) is 0.938. The molecule has 0 atom stereocenters. The highest BCUT2D eigenvalue weighted by Crippen LogP contribution is 2.35. The number of esters is 1. The van der Waals surface area contributed by atoms with Gasteiger partial charge in [0.15, 0.2) is 0 Å². The van der Waals surface area contributed by atoms with Crippen molar-refractivity contribution in [2.45, 2.75) is 71.4 Å². The van der Waals surface area contributed by atoms with Crippen LogP contribution in [0, 0.1) is 17.8 Å². The molecule has 0 aromatic rings. The van der Waals surface area contributed by atoms with Crippen LogP contribution in [0.3, 0.4) is 0 Å². The van der Waals surface area contributed by atoms with E-state index in [0.29, 0.717) is 12.6 Å². The fourth-order valence-corrected chi connectivity index (χ4v) is 3.43. The Morgan fingerprint density at radius 1 is 1.16 bits per heavy atom. The predicted molar refractivity (Wildman–Crippen MR) is 76.9 cm³/mol. The number of rotatable bonds is 5. The highest BCUT2D eigenvalue weighted by molar-refractivity contribution is 5.72. The molecule has 0 aromatic carbocycles. The highest BCUT2D eigenvalue weighted by atomic mass is 16.5. The monoisotopic (exact) mass is 267 g/mol. The lowest BCUT2D eigenvalue weighted by Crippen LogP contribution is -2.48. The van der Waals surface area contributed by atoms with Crippen molar-refractivity contribution in [3.63, 3.8) is 0 Å². The molecule has 2 aliphatic carbocycles. The van der Waals surface area contributed by atoms with E-state index < -0.39 is 0 Å². The average Bonchev–Trinajstić information content (AvgIpc) is 2.33. The summed E-state index contributed by atoms with van der Waals surface area (Å²) in [5.74, 6) is 1.93. The summed E-state index contributed by atoms with van der Waals surface area (Å²) in [6.07, 6.45) is 6.94. The van der Waals surface area contributed by atoms with Crippen molar-refractivity contribution in [3.05, 3.63) is 0 Å². The summed E-state index contributed by atoms with van der Waals surface area (Å²) >= 11 is 0. The van der Waals surface area contributed by atoms with Crippen LogP contribution in [0.1, 0.15) is 59.3 Å². The number of hydrogen-bond acceptors (Lipinski definition) is 3. The lowest BCUT2D eigenvalue weighted by atomic mass is 9.73. The van der Waals surface area contributed by atoms with Gasteiger partial charge in [0.25, 0.3) is 0 Å². The molecule has 19 heavy (non-hydrogen) atoms. The summed E-state index contributed by atoms with van der Waals surface area (Å²) in [6, 6.07) is 1.36. The standard InChI is InChI=1S/C16H29NO2/c1-4-19-16(18)12-5-7-14(8-6-12)17-15-9-13(10-15)11(2)3/h11-15,17H,4-10H2,1-3H3. The quantitative estimate of drug-likeness (QED) is 0.778. The van der Waals surface area contributed by atoms with Crippen LogP contribution in [0.5, 0.6) is 0 Å². The summed E-state index contributed by atoms with van der Waals surface area (Å²) in [7, 11) is 0. The van der Waals surface area contributed by atoms with Crippen LogP contribution in [0.25, 0.3) is 0 Å².